The molecule has 0 bridgehead atoms. The van der Waals surface area contributed by atoms with Crippen molar-refractivity contribution >= 4 is 34.8 Å². The van der Waals surface area contributed by atoms with Crippen LogP contribution < -0.4 is 14.4 Å². The number of benzene rings is 1. The zero-order valence-corrected chi connectivity index (χ0v) is 23.7. The molecule has 212 valence electrons. The number of aromatic nitrogens is 7. The Labute approximate surface area is 240 Å². The van der Waals surface area contributed by atoms with E-state index < -0.39 is 5.82 Å². The Bertz CT molecular complexity index is 1690. The average molecular weight is 578 g/mol. The van der Waals surface area contributed by atoms with Crippen molar-refractivity contribution in [2.45, 2.75) is 12.6 Å². The highest BCUT2D eigenvalue weighted by Crippen LogP contribution is 2.37. The standard InChI is InChI=1S/C27H28FN9O3S/c1-34(2)41-37-8-7-29-25(37)14-35(22-9-19(38-3)10-23(39-4)26(22)28)24-6-5-20-27(33-24)32-21(12-30-20)17-11-31-36(13-17)18-15-40-16-18/h5-13,18H,14-16H2,1-4H3. The Morgan fingerprint density at radius 3 is 2.68 bits per heavy atom. The van der Waals surface area contributed by atoms with Crippen LogP contribution in [0.4, 0.5) is 15.9 Å². The summed E-state index contributed by atoms with van der Waals surface area (Å²) in [6, 6.07) is 6.93. The first-order valence-electron chi connectivity index (χ1n) is 12.8. The minimum atomic E-state index is -0.555. The smallest absolute Gasteiger partial charge is 0.188 e. The van der Waals surface area contributed by atoms with Crippen molar-refractivity contribution in [2.75, 3.05) is 46.4 Å². The molecular weight excluding hydrogens is 549 g/mol. The molecule has 41 heavy (non-hydrogen) atoms. The summed E-state index contributed by atoms with van der Waals surface area (Å²) in [6.45, 7) is 1.48. The molecule has 1 aromatic carbocycles. The van der Waals surface area contributed by atoms with Crippen molar-refractivity contribution in [1.29, 1.82) is 0 Å². The van der Waals surface area contributed by atoms with Crippen LogP contribution in [0, 0.1) is 5.82 Å². The highest BCUT2D eigenvalue weighted by atomic mass is 32.2. The third-order valence-electron chi connectivity index (χ3n) is 6.53. The minimum absolute atomic E-state index is 0.0482. The second kappa shape index (κ2) is 11.3. The lowest BCUT2D eigenvalue weighted by Gasteiger charge is -2.26. The Kier molecular flexibility index (Phi) is 7.43. The number of pyridine rings is 1. The van der Waals surface area contributed by atoms with E-state index in [2.05, 4.69) is 15.1 Å². The van der Waals surface area contributed by atoms with E-state index in [-0.39, 0.29) is 24.0 Å². The van der Waals surface area contributed by atoms with Crippen molar-refractivity contribution in [3.63, 3.8) is 0 Å². The molecule has 0 aliphatic carbocycles. The van der Waals surface area contributed by atoms with E-state index in [0.29, 0.717) is 47.5 Å². The lowest BCUT2D eigenvalue weighted by molar-refractivity contribution is -0.0286. The van der Waals surface area contributed by atoms with Crippen LogP contribution >= 0.6 is 12.1 Å². The van der Waals surface area contributed by atoms with Crippen LogP contribution in [0.1, 0.15) is 11.9 Å². The van der Waals surface area contributed by atoms with Crippen LogP contribution in [-0.2, 0) is 11.3 Å². The molecule has 1 saturated heterocycles. The number of imidazole rings is 1. The molecule has 0 atom stereocenters. The fourth-order valence-electron chi connectivity index (χ4n) is 4.36. The van der Waals surface area contributed by atoms with Crippen LogP contribution in [0.3, 0.4) is 0 Å². The van der Waals surface area contributed by atoms with Gasteiger partial charge in [0.2, 0.25) is 0 Å². The van der Waals surface area contributed by atoms with Crippen LogP contribution in [0.25, 0.3) is 22.4 Å². The Morgan fingerprint density at radius 2 is 1.95 bits per heavy atom. The van der Waals surface area contributed by atoms with Crippen LogP contribution in [-0.4, -0.2) is 79.5 Å². The molecule has 12 nitrogen and oxygen atoms in total. The fraction of sp³-hybridized carbons (Fsp3) is 0.296. The van der Waals surface area contributed by atoms with Gasteiger partial charge in [-0.05, 0) is 26.2 Å². The molecule has 0 radical (unpaired) electrons. The second-order valence-corrected chi connectivity index (χ2v) is 10.8. The number of halogens is 1. The molecule has 14 heteroatoms. The SMILES string of the molecule is COc1cc(OC)c(F)c(N(Cc2nccn2SN(C)C)c2ccc3ncc(-c4cnn(C5COC5)c4)nc3n2)c1. The first-order valence-corrected chi connectivity index (χ1v) is 13.5. The number of hydrogen-bond acceptors (Lipinski definition) is 11. The van der Waals surface area contributed by atoms with Crippen LogP contribution in [0.5, 0.6) is 11.5 Å². The molecule has 1 fully saturated rings. The minimum Gasteiger partial charge on any atom is -0.497 e. The Hall–Kier alpha value is -4.27. The highest BCUT2D eigenvalue weighted by molar-refractivity contribution is 7.95. The lowest BCUT2D eigenvalue weighted by Crippen LogP contribution is -2.30. The van der Waals surface area contributed by atoms with Gasteiger partial charge < -0.3 is 19.1 Å². The van der Waals surface area contributed by atoms with E-state index >= 15 is 4.39 Å². The number of ether oxygens (including phenoxy) is 3. The average Bonchev–Trinajstić information content (AvgIpc) is 3.60. The predicted molar refractivity (Wildman–Crippen MR) is 153 cm³/mol. The summed E-state index contributed by atoms with van der Waals surface area (Å²) in [7, 11) is 6.80. The quantitative estimate of drug-likeness (QED) is 0.224. The third-order valence-corrected chi connectivity index (χ3v) is 7.37. The van der Waals surface area contributed by atoms with E-state index in [0.717, 1.165) is 5.56 Å². The summed E-state index contributed by atoms with van der Waals surface area (Å²) in [4.78, 5) is 20.4. The van der Waals surface area contributed by atoms with E-state index in [1.807, 2.05) is 45.5 Å². The summed E-state index contributed by atoms with van der Waals surface area (Å²) < 4.78 is 37.6. The van der Waals surface area contributed by atoms with Crippen molar-refractivity contribution in [3.8, 4) is 22.8 Å². The molecule has 5 aromatic rings. The van der Waals surface area contributed by atoms with Gasteiger partial charge in [-0.3, -0.25) is 13.6 Å². The van der Waals surface area contributed by atoms with Gasteiger partial charge in [0, 0.05) is 48.4 Å². The van der Waals surface area contributed by atoms with E-state index in [1.165, 1.54) is 32.4 Å². The summed E-state index contributed by atoms with van der Waals surface area (Å²) in [5.74, 6) is 1.06. The Morgan fingerprint density at radius 1 is 1.10 bits per heavy atom. The van der Waals surface area contributed by atoms with Gasteiger partial charge in [-0.2, -0.15) is 5.10 Å². The maximum Gasteiger partial charge on any atom is 0.188 e. The number of fused-ring (bicyclic) bond motifs is 1. The summed E-state index contributed by atoms with van der Waals surface area (Å²) in [5, 5.41) is 4.45. The zero-order chi connectivity index (χ0) is 28.5. The molecule has 0 amide bonds. The summed E-state index contributed by atoms with van der Waals surface area (Å²) >= 11 is 1.45. The van der Waals surface area contributed by atoms with Crippen molar-refractivity contribution in [2.24, 2.45) is 0 Å². The molecule has 0 spiro atoms. The van der Waals surface area contributed by atoms with Crippen molar-refractivity contribution in [1.82, 2.24) is 38.0 Å². The Balaban J connectivity index is 1.44. The molecular formula is C27H28FN9O3S. The van der Waals surface area contributed by atoms with Crippen LogP contribution in [0.2, 0.25) is 0 Å². The molecule has 0 N–H and O–H groups in total. The maximum atomic E-state index is 15.8. The van der Waals surface area contributed by atoms with E-state index in [9.17, 15) is 0 Å². The van der Waals surface area contributed by atoms with Gasteiger partial charge in [0.05, 0.1) is 63.8 Å². The molecule has 6 rings (SSSR count). The first kappa shape index (κ1) is 26.9. The van der Waals surface area contributed by atoms with Gasteiger partial charge in [0.25, 0.3) is 0 Å². The third kappa shape index (κ3) is 5.40. The van der Waals surface area contributed by atoms with Crippen molar-refractivity contribution in [3.05, 3.63) is 66.9 Å². The highest BCUT2D eigenvalue weighted by Gasteiger charge is 2.24. The molecule has 5 heterocycles. The molecule has 1 aliphatic rings. The number of anilines is 2. The van der Waals surface area contributed by atoms with Gasteiger partial charge in [0.1, 0.15) is 22.9 Å². The molecule has 4 aromatic heterocycles. The predicted octanol–water partition coefficient (Wildman–Crippen LogP) is 4.12. The second-order valence-electron chi connectivity index (χ2n) is 9.48. The van der Waals surface area contributed by atoms with Crippen LogP contribution in [0.15, 0.2) is 55.2 Å². The molecule has 0 saturated carbocycles. The number of hydrogen-bond donors (Lipinski definition) is 0. The van der Waals surface area contributed by atoms with E-state index in [1.54, 1.807) is 35.6 Å². The van der Waals surface area contributed by atoms with Gasteiger partial charge in [0.15, 0.2) is 17.2 Å². The van der Waals surface area contributed by atoms with Gasteiger partial charge in [-0.15, -0.1) is 0 Å². The van der Waals surface area contributed by atoms with E-state index in [4.69, 9.17) is 24.2 Å². The fourth-order valence-corrected chi connectivity index (χ4v) is 5.02. The summed E-state index contributed by atoms with van der Waals surface area (Å²) in [6.07, 6.45) is 8.93. The van der Waals surface area contributed by atoms with Gasteiger partial charge in [-0.1, -0.05) is 0 Å². The number of rotatable bonds is 10. The van der Waals surface area contributed by atoms with Crippen molar-refractivity contribution < 1.29 is 18.6 Å². The van der Waals surface area contributed by atoms with Gasteiger partial charge in [-0.25, -0.2) is 23.6 Å². The number of methoxy groups -OCH3 is 2. The largest absolute Gasteiger partial charge is 0.497 e. The lowest BCUT2D eigenvalue weighted by atomic mass is 10.2. The zero-order valence-electron chi connectivity index (χ0n) is 22.9. The first-order chi connectivity index (χ1) is 19.9. The monoisotopic (exact) mass is 577 g/mol. The maximum absolute atomic E-state index is 15.8. The normalized spacial score (nSPS) is 13.5. The molecule has 0 unspecified atom stereocenters. The number of nitrogens with zero attached hydrogens (tertiary/aromatic N) is 9. The molecule has 1 aliphatic heterocycles. The topological polar surface area (TPSA) is 108 Å². The summed E-state index contributed by atoms with van der Waals surface area (Å²) in [5.41, 5.74) is 2.68. The van der Waals surface area contributed by atoms with Gasteiger partial charge >= 0.3 is 0 Å².